The molecule has 252 valence electrons. The smallest absolute Gasteiger partial charge is 0.224 e. The molecule has 0 saturated carbocycles. The van der Waals surface area contributed by atoms with E-state index in [1.807, 2.05) is 48.5 Å². The standard InChI is InChI=1S/C33H42N4O8P2/c1-20(46(22-11-15-26(38-3)34-30(22)42-7)23-12-16-27(39-4)35-31(23)43-8)19-21(2)47(24-13-17-28(40-5)36-32(24)44-9)25-14-18-29(41-6)37-33(25)45-10/h11-18,20-21H,19H2,1-10H3/t20-,21-/m1/s1. The Morgan fingerprint density at radius 1 is 0.404 bits per heavy atom. The third kappa shape index (κ3) is 7.88. The summed E-state index contributed by atoms with van der Waals surface area (Å²) in [5.74, 6) is 3.78. The number of aromatic nitrogens is 4. The largest absolute Gasteiger partial charge is 0.481 e. The highest BCUT2D eigenvalue weighted by molar-refractivity contribution is 7.75. The maximum Gasteiger partial charge on any atom is 0.224 e. The predicted octanol–water partition coefficient (Wildman–Crippen LogP) is 4.07. The number of rotatable bonds is 16. The third-order valence-electron chi connectivity index (χ3n) is 7.47. The van der Waals surface area contributed by atoms with Crippen LogP contribution in [0.3, 0.4) is 0 Å². The van der Waals surface area contributed by atoms with Crippen molar-refractivity contribution in [2.75, 3.05) is 56.9 Å². The highest BCUT2D eigenvalue weighted by Gasteiger charge is 2.35. The zero-order valence-electron chi connectivity index (χ0n) is 28.4. The van der Waals surface area contributed by atoms with E-state index in [2.05, 4.69) is 33.8 Å². The first-order valence-electron chi connectivity index (χ1n) is 14.7. The molecule has 0 N–H and O–H groups in total. The molecule has 4 rings (SSSR count). The second-order valence-corrected chi connectivity index (χ2v) is 15.4. The van der Waals surface area contributed by atoms with Gasteiger partial charge in [-0.15, -0.1) is 0 Å². The monoisotopic (exact) mass is 684 g/mol. The van der Waals surface area contributed by atoms with E-state index in [9.17, 15) is 0 Å². The lowest BCUT2D eigenvalue weighted by Crippen LogP contribution is -2.29. The van der Waals surface area contributed by atoms with Crippen molar-refractivity contribution in [2.24, 2.45) is 0 Å². The molecule has 2 atom stereocenters. The lowest BCUT2D eigenvalue weighted by molar-refractivity contribution is 0.366. The van der Waals surface area contributed by atoms with Gasteiger partial charge in [0.1, 0.15) is 0 Å². The van der Waals surface area contributed by atoms with Gasteiger partial charge in [-0.2, -0.15) is 19.9 Å². The number of nitrogens with zero attached hydrogens (tertiary/aromatic N) is 4. The minimum Gasteiger partial charge on any atom is -0.481 e. The molecule has 12 nitrogen and oxygen atoms in total. The van der Waals surface area contributed by atoms with Gasteiger partial charge in [0.15, 0.2) is 0 Å². The van der Waals surface area contributed by atoms with Gasteiger partial charge >= 0.3 is 0 Å². The first-order valence-corrected chi connectivity index (χ1v) is 17.5. The molecule has 47 heavy (non-hydrogen) atoms. The molecule has 4 heterocycles. The van der Waals surface area contributed by atoms with Gasteiger partial charge in [-0.25, -0.2) is 0 Å². The van der Waals surface area contributed by atoms with Crippen LogP contribution in [0.25, 0.3) is 0 Å². The van der Waals surface area contributed by atoms with Crippen molar-refractivity contribution in [3.63, 3.8) is 0 Å². The summed E-state index contributed by atoms with van der Waals surface area (Å²) >= 11 is 0. The average Bonchev–Trinajstić information content (AvgIpc) is 3.11. The van der Waals surface area contributed by atoms with Gasteiger partial charge in [-0.3, -0.25) is 0 Å². The fourth-order valence-corrected chi connectivity index (χ4v) is 11.3. The molecule has 0 aromatic carbocycles. The van der Waals surface area contributed by atoms with Crippen LogP contribution in [0.2, 0.25) is 0 Å². The van der Waals surface area contributed by atoms with E-state index in [1.165, 1.54) is 0 Å². The number of hydrogen-bond acceptors (Lipinski definition) is 12. The van der Waals surface area contributed by atoms with Crippen molar-refractivity contribution in [1.82, 2.24) is 19.9 Å². The Hall–Kier alpha value is -4.14. The van der Waals surface area contributed by atoms with Gasteiger partial charge in [0.25, 0.3) is 0 Å². The van der Waals surface area contributed by atoms with E-state index in [1.54, 1.807) is 56.9 Å². The molecular weight excluding hydrogens is 642 g/mol. The summed E-state index contributed by atoms with van der Waals surface area (Å²) in [6.07, 6.45) is 0.770. The Bertz CT molecular complexity index is 1420. The molecule has 0 fully saturated rings. The maximum atomic E-state index is 5.82. The Labute approximate surface area is 278 Å². The number of methoxy groups -OCH3 is 8. The lowest BCUT2D eigenvalue weighted by atomic mass is 10.3. The highest BCUT2D eigenvalue weighted by atomic mass is 31.1. The Morgan fingerprint density at radius 3 is 0.830 bits per heavy atom. The summed E-state index contributed by atoms with van der Waals surface area (Å²) in [5, 5.41) is 3.74. The topological polar surface area (TPSA) is 125 Å². The van der Waals surface area contributed by atoms with Crippen molar-refractivity contribution in [3.05, 3.63) is 48.5 Å². The summed E-state index contributed by atoms with van der Waals surface area (Å²) in [6.45, 7) is 4.46. The molecule has 0 aliphatic heterocycles. The Balaban J connectivity index is 1.88. The van der Waals surface area contributed by atoms with Crippen molar-refractivity contribution in [1.29, 1.82) is 0 Å². The van der Waals surface area contributed by atoms with Gasteiger partial charge in [0.2, 0.25) is 47.0 Å². The lowest BCUT2D eigenvalue weighted by Gasteiger charge is -2.33. The van der Waals surface area contributed by atoms with E-state index in [0.29, 0.717) is 47.0 Å². The van der Waals surface area contributed by atoms with Crippen molar-refractivity contribution in [3.8, 4) is 47.0 Å². The quantitative estimate of drug-likeness (QED) is 0.158. The summed E-state index contributed by atoms with van der Waals surface area (Å²) in [7, 11) is 10.5. The SMILES string of the molecule is COc1ccc(P(c2ccc(OC)nc2OC)[C@H](C)C[C@@H](C)P(c2ccc(OC)nc2OC)c2ccc(OC)nc2OC)c(OC)n1. The second kappa shape index (κ2) is 16.6. The minimum absolute atomic E-state index is 0.0765. The first kappa shape index (κ1) is 35.7. The normalized spacial score (nSPS) is 12.3. The molecule has 0 spiro atoms. The minimum atomic E-state index is -1.14. The molecule has 0 aliphatic carbocycles. The van der Waals surface area contributed by atoms with Crippen LogP contribution >= 0.6 is 15.8 Å². The summed E-state index contributed by atoms with van der Waals surface area (Å²) in [6, 6.07) is 15.4. The van der Waals surface area contributed by atoms with Crippen LogP contribution in [0, 0.1) is 0 Å². The van der Waals surface area contributed by atoms with Gasteiger partial charge in [0, 0.05) is 45.5 Å². The molecule has 0 aliphatic rings. The summed E-state index contributed by atoms with van der Waals surface area (Å²) in [4.78, 5) is 18.5. The van der Waals surface area contributed by atoms with Crippen molar-refractivity contribution < 1.29 is 37.9 Å². The zero-order valence-corrected chi connectivity index (χ0v) is 30.2. The van der Waals surface area contributed by atoms with Crippen LogP contribution in [0.5, 0.6) is 47.0 Å². The van der Waals surface area contributed by atoms with E-state index in [0.717, 1.165) is 27.6 Å². The van der Waals surface area contributed by atoms with Crippen LogP contribution in [-0.2, 0) is 0 Å². The molecule has 0 bridgehead atoms. The summed E-state index contributed by atoms with van der Waals surface area (Å²) < 4.78 is 45.0. The van der Waals surface area contributed by atoms with E-state index >= 15 is 0 Å². The first-order chi connectivity index (χ1) is 22.8. The Morgan fingerprint density at radius 2 is 0.638 bits per heavy atom. The average molecular weight is 685 g/mol. The van der Waals surface area contributed by atoms with Gasteiger partial charge < -0.3 is 37.9 Å². The van der Waals surface area contributed by atoms with Gasteiger partial charge in [-0.05, 0) is 57.8 Å². The number of pyridine rings is 4. The molecule has 0 saturated heterocycles. The molecular formula is C33H42N4O8P2. The van der Waals surface area contributed by atoms with Crippen molar-refractivity contribution in [2.45, 2.75) is 31.6 Å². The molecule has 0 radical (unpaired) electrons. The zero-order chi connectivity index (χ0) is 34.1. The molecule has 0 amide bonds. The summed E-state index contributed by atoms with van der Waals surface area (Å²) in [5.41, 5.74) is 0.153. The van der Waals surface area contributed by atoms with Crippen LogP contribution in [0.4, 0.5) is 0 Å². The van der Waals surface area contributed by atoms with Crippen LogP contribution in [0.15, 0.2) is 48.5 Å². The number of ether oxygens (including phenoxy) is 8. The molecule has 4 aromatic rings. The van der Waals surface area contributed by atoms with E-state index in [-0.39, 0.29) is 11.3 Å². The third-order valence-corrected chi connectivity index (χ3v) is 13.1. The van der Waals surface area contributed by atoms with Crippen molar-refractivity contribution >= 4 is 37.1 Å². The highest BCUT2D eigenvalue weighted by Crippen LogP contribution is 2.52. The maximum absolute atomic E-state index is 5.82. The molecule has 0 unspecified atom stereocenters. The van der Waals surface area contributed by atoms with Gasteiger partial charge in [0.05, 0.1) is 56.9 Å². The van der Waals surface area contributed by atoms with Gasteiger partial charge in [-0.1, -0.05) is 13.8 Å². The predicted molar refractivity (Wildman–Crippen MR) is 185 cm³/mol. The van der Waals surface area contributed by atoms with Crippen LogP contribution in [-0.4, -0.2) is 88.1 Å². The van der Waals surface area contributed by atoms with E-state index < -0.39 is 15.8 Å². The van der Waals surface area contributed by atoms with E-state index in [4.69, 9.17) is 37.9 Å². The van der Waals surface area contributed by atoms with Crippen LogP contribution in [0.1, 0.15) is 20.3 Å². The fourth-order valence-electron chi connectivity index (χ4n) is 5.37. The molecule has 4 aromatic heterocycles. The fraction of sp³-hybridized carbons (Fsp3) is 0.394. The Kier molecular flexibility index (Phi) is 12.6. The number of hydrogen-bond donors (Lipinski definition) is 0. The molecule has 14 heteroatoms. The second-order valence-electron chi connectivity index (χ2n) is 10.2. The van der Waals surface area contributed by atoms with Crippen LogP contribution < -0.4 is 59.1 Å².